The van der Waals surface area contributed by atoms with Crippen LogP contribution < -0.4 is 5.56 Å². The lowest BCUT2D eigenvalue weighted by atomic mass is 9.93. The summed E-state index contributed by atoms with van der Waals surface area (Å²) in [6.45, 7) is 1.98. The van der Waals surface area contributed by atoms with Crippen LogP contribution in [0, 0.1) is 11.7 Å². The van der Waals surface area contributed by atoms with E-state index in [2.05, 4.69) is 0 Å². The van der Waals surface area contributed by atoms with Gasteiger partial charge in [0, 0.05) is 58.2 Å². The minimum atomic E-state index is -0.437. The van der Waals surface area contributed by atoms with Crippen molar-refractivity contribution in [2.75, 3.05) is 33.9 Å². The molecule has 31 heavy (non-hydrogen) atoms. The van der Waals surface area contributed by atoms with Gasteiger partial charge < -0.3 is 14.5 Å². The number of carbonyl (C=O) groups is 2. The first-order valence-electron chi connectivity index (χ1n) is 10.5. The molecule has 1 aromatic carbocycles. The fourth-order valence-corrected chi connectivity index (χ4v) is 4.28. The third-order valence-corrected chi connectivity index (χ3v) is 6.01. The second kappa shape index (κ2) is 8.63. The Morgan fingerprint density at radius 1 is 1.13 bits per heavy atom. The molecule has 0 N–H and O–H groups in total. The van der Waals surface area contributed by atoms with Crippen LogP contribution in [0.1, 0.15) is 34.3 Å². The lowest BCUT2D eigenvalue weighted by Crippen LogP contribution is -2.43. The fourth-order valence-electron chi connectivity index (χ4n) is 4.28. The van der Waals surface area contributed by atoms with Gasteiger partial charge in [-0.05, 0) is 54.7 Å². The zero-order chi connectivity index (χ0) is 22.1. The van der Waals surface area contributed by atoms with E-state index >= 15 is 0 Å². The average Bonchev–Trinajstić information content (AvgIpc) is 2.78. The molecule has 8 heteroatoms. The number of hydrogen-bond donors (Lipinski definition) is 0. The van der Waals surface area contributed by atoms with Crippen molar-refractivity contribution in [3.63, 3.8) is 0 Å². The van der Waals surface area contributed by atoms with Crippen molar-refractivity contribution in [2.45, 2.75) is 25.8 Å². The Kier molecular flexibility index (Phi) is 5.91. The van der Waals surface area contributed by atoms with E-state index in [9.17, 15) is 18.8 Å². The lowest BCUT2D eigenvalue weighted by Gasteiger charge is -2.34. The van der Waals surface area contributed by atoms with Crippen LogP contribution in [0.25, 0.3) is 5.69 Å². The molecule has 0 unspecified atom stereocenters. The highest BCUT2D eigenvalue weighted by atomic mass is 19.1. The molecule has 0 spiro atoms. The average molecular weight is 427 g/mol. The number of benzene rings is 1. The van der Waals surface area contributed by atoms with E-state index in [0.717, 1.165) is 5.56 Å². The van der Waals surface area contributed by atoms with Crippen LogP contribution in [0.5, 0.6) is 0 Å². The van der Waals surface area contributed by atoms with Crippen LogP contribution >= 0.6 is 0 Å². The Labute approximate surface area is 180 Å². The maximum absolute atomic E-state index is 13.4. The summed E-state index contributed by atoms with van der Waals surface area (Å²) in [6, 6.07) is 5.55. The van der Waals surface area contributed by atoms with E-state index in [1.165, 1.54) is 33.7 Å². The molecule has 164 valence electrons. The van der Waals surface area contributed by atoms with Crippen LogP contribution in [0.4, 0.5) is 4.39 Å². The van der Waals surface area contributed by atoms with Gasteiger partial charge in [-0.2, -0.15) is 0 Å². The maximum Gasteiger partial charge on any atom is 0.268 e. The third kappa shape index (κ3) is 4.12. The molecule has 2 aromatic rings. The molecular formula is C23H26FN3O4. The molecule has 3 heterocycles. The highest BCUT2D eigenvalue weighted by Gasteiger charge is 2.32. The van der Waals surface area contributed by atoms with Crippen LogP contribution in [-0.2, 0) is 22.5 Å². The summed E-state index contributed by atoms with van der Waals surface area (Å²) in [7, 11) is 3.21. The Hall–Kier alpha value is -3.00. The molecular weight excluding hydrogens is 401 g/mol. The van der Waals surface area contributed by atoms with Crippen LogP contribution in [0.2, 0.25) is 0 Å². The van der Waals surface area contributed by atoms with Gasteiger partial charge in [0.25, 0.3) is 11.5 Å². The molecule has 2 aliphatic heterocycles. The Bertz CT molecular complexity index is 1060. The topological polar surface area (TPSA) is 71.9 Å². The number of rotatable bonds is 3. The molecule has 0 atom stereocenters. The molecule has 0 radical (unpaired) electrons. The number of hydrogen-bond acceptors (Lipinski definition) is 4. The summed E-state index contributed by atoms with van der Waals surface area (Å²) in [4.78, 5) is 42.4. The maximum atomic E-state index is 13.4. The van der Waals surface area contributed by atoms with Crippen molar-refractivity contribution >= 4 is 11.8 Å². The smallest absolute Gasteiger partial charge is 0.268 e. The first-order chi connectivity index (χ1) is 14.9. The first-order valence-corrected chi connectivity index (χ1v) is 10.5. The summed E-state index contributed by atoms with van der Waals surface area (Å²) >= 11 is 0. The van der Waals surface area contributed by atoms with Crippen molar-refractivity contribution in [3.8, 4) is 5.69 Å². The molecule has 0 bridgehead atoms. The predicted molar refractivity (Wildman–Crippen MR) is 113 cm³/mol. The van der Waals surface area contributed by atoms with Crippen LogP contribution in [0.3, 0.4) is 0 Å². The highest BCUT2D eigenvalue weighted by molar-refractivity contribution is 5.95. The summed E-state index contributed by atoms with van der Waals surface area (Å²) in [5.41, 5.74) is 1.60. The van der Waals surface area contributed by atoms with E-state index in [1.54, 1.807) is 20.3 Å². The molecule has 0 aliphatic carbocycles. The second-order valence-corrected chi connectivity index (χ2v) is 8.26. The Morgan fingerprint density at radius 3 is 2.45 bits per heavy atom. The van der Waals surface area contributed by atoms with Gasteiger partial charge in [0.2, 0.25) is 5.91 Å². The largest absolute Gasteiger partial charge is 0.381 e. The van der Waals surface area contributed by atoms with Crippen LogP contribution in [-0.4, -0.2) is 60.0 Å². The van der Waals surface area contributed by atoms with Gasteiger partial charge >= 0.3 is 0 Å². The quantitative estimate of drug-likeness (QED) is 0.751. The molecule has 1 fully saturated rings. The van der Waals surface area contributed by atoms with Gasteiger partial charge in [-0.3, -0.25) is 19.0 Å². The zero-order valence-corrected chi connectivity index (χ0v) is 17.8. The number of pyridine rings is 1. The molecule has 1 aromatic heterocycles. The summed E-state index contributed by atoms with van der Waals surface area (Å²) in [5, 5.41) is 0. The number of amides is 2. The normalized spacial score (nSPS) is 16.7. The highest BCUT2D eigenvalue weighted by Crippen LogP contribution is 2.26. The summed E-state index contributed by atoms with van der Waals surface area (Å²) in [6.07, 6.45) is 3.54. The summed E-state index contributed by atoms with van der Waals surface area (Å²) < 4.78 is 20.1. The van der Waals surface area contributed by atoms with E-state index in [1.807, 2.05) is 4.90 Å². The molecule has 0 saturated carbocycles. The van der Waals surface area contributed by atoms with E-state index < -0.39 is 11.4 Å². The molecule has 7 nitrogen and oxygen atoms in total. The van der Waals surface area contributed by atoms with Gasteiger partial charge in [-0.25, -0.2) is 4.39 Å². The lowest BCUT2D eigenvalue weighted by molar-refractivity contribution is -0.139. The van der Waals surface area contributed by atoms with Crippen molar-refractivity contribution in [3.05, 3.63) is 63.3 Å². The number of carbonyl (C=O) groups excluding carboxylic acids is 2. The van der Waals surface area contributed by atoms with E-state index in [-0.39, 0.29) is 23.3 Å². The first kappa shape index (κ1) is 21.2. The third-order valence-electron chi connectivity index (χ3n) is 6.01. The summed E-state index contributed by atoms with van der Waals surface area (Å²) in [5.74, 6) is -0.746. The molecule has 2 aliphatic rings. The van der Waals surface area contributed by atoms with Crippen LogP contribution in [0.15, 0.2) is 35.3 Å². The standard InChI is InChI=1S/C23H26FN3O4/c1-25(2)22(29)20-19-7-10-26(21(28)15-8-11-31-12-9-15)13-16(19)14-27(23(20)30)18-5-3-17(24)4-6-18/h3-6,14-15H,7-13H2,1-2H3. The van der Waals surface area contributed by atoms with Gasteiger partial charge in [0.1, 0.15) is 11.4 Å². The van der Waals surface area contributed by atoms with Gasteiger partial charge in [0.05, 0.1) is 0 Å². The monoisotopic (exact) mass is 427 g/mol. The van der Waals surface area contributed by atoms with Gasteiger partial charge in [0.15, 0.2) is 0 Å². The van der Waals surface area contributed by atoms with E-state index in [4.69, 9.17) is 4.74 Å². The number of nitrogens with zero attached hydrogens (tertiary/aromatic N) is 3. The Morgan fingerprint density at radius 2 is 1.81 bits per heavy atom. The predicted octanol–water partition coefficient (Wildman–Crippen LogP) is 1.99. The van der Waals surface area contributed by atoms with Gasteiger partial charge in [-0.1, -0.05) is 0 Å². The van der Waals surface area contributed by atoms with E-state index in [0.29, 0.717) is 56.8 Å². The second-order valence-electron chi connectivity index (χ2n) is 8.26. The van der Waals surface area contributed by atoms with Crippen molar-refractivity contribution < 1.29 is 18.7 Å². The number of halogens is 1. The minimum absolute atomic E-state index is 0.0545. The minimum Gasteiger partial charge on any atom is -0.381 e. The Balaban J connectivity index is 1.76. The van der Waals surface area contributed by atoms with Crippen molar-refractivity contribution in [2.24, 2.45) is 5.92 Å². The van der Waals surface area contributed by atoms with Crippen molar-refractivity contribution in [1.82, 2.24) is 14.4 Å². The van der Waals surface area contributed by atoms with Crippen molar-refractivity contribution in [1.29, 1.82) is 0 Å². The number of ether oxygens (including phenoxy) is 1. The number of fused-ring (bicyclic) bond motifs is 1. The molecule has 1 saturated heterocycles. The van der Waals surface area contributed by atoms with Gasteiger partial charge in [-0.15, -0.1) is 0 Å². The zero-order valence-electron chi connectivity index (χ0n) is 17.8. The molecule has 2 amide bonds. The molecule has 4 rings (SSSR count). The SMILES string of the molecule is CN(C)C(=O)c1c2c(cn(-c3ccc(F)cc3)c1=O)CN(C(=O)C1CCOCC1)CC2. The number of aromatic nitrogens is 1. The fraction of sp³-hybridized carbons (Fsp3) is 0.435.